The van der Waals surface area contributed by atoms with Gasteiger partial charge in [-0.3, -0.25) is 4.79 Å². The Bertz CT molecular complexity index is 577. The van der Waals surface area contributed by atoms with Crippen LogP contribution in [0.15, 0.2) is 18.8 Å². The van der Waals surface area contributed by atoms with Gasteiger partial charge in [-0.05, 0) is 37.9 Å². The molecular weight excluding hydrogens is 398 g/mol. The fourth-order valence-corrected chi connectivity index (χ4v) is 3.44. The summed E-state index contributed by atoms with van der Waals surface area (Å²) in [6, 6.07) is 1.79. The van der Waals surface area contributed by atoms with Crippen molar-refractivity contribution in [2.45, 2.75) is 19.9 Å². The molecule has 2 rings (SSSR count). The zero-order chi connectivity index (χ0) is 14.0. The van der Waals surface area contributed by atoms with Gasteiger partial charge in [0.25, 0.3) is 5.91 Å². The van der Waals surface area contributed by atoms with Gasteiger partial charge in [-0.1, -0.05) is 12.1 Å². The molecule has 8 heteroatoms. The molecule has 0 unspecified atom stereocenters. The highest BCUT2D eigenvalue weighted by molar-refractivity contribution is 9.13. The second-order valence-corrected chi connectivity index (χ2v) is 7.08. The molecule has 102 valence electrons. The lowest BCUT2D eigenvalue weighted by Gasteiger charge is -2.13. The first-order valence-electron chi connectivity index (χ1n) is 5.53. The van der Waals surface area contributed by atoms with Crippen molar-refractivity contribution in [2.75, 3.05) is 7.05 Å². The summed E-state index contributed by atoms with van der Waals surface area (Å²) >= 11 is 8.12. The normalized spacial score (nSPS) is 10.7. The van der Waals surface area contributed by atoms with Gasteiger partial charge in [0.05, 0.1) is 8.66 Å². The van der Waals surface area contributed by atoms with E-state index in [2.05, 4.69) is 42.0 Å². The lowest BCUT2D eigenvalue weighted by atomic mass is 10.4. The summed E-state index contributed by atoms with van der Waals surface area (Å²) in [4.78, 5) is 18.6. The molecule has 2 aromatic heterocycles. The molecule has 5 nitrogen and oxygen atoms in total. The Morgan fingerprint density at radius 2 is 2.26 bits per heavy atom. The van der Waals surface area contributed by atoms with Crippen LogP contribution in [-0.2, 0) is 13.0 Å². The Hall–Kier alpha value is -0.730. The predicted octanol–water partition coefficient (Wildman–Crippen LogP) is 3.49. The number of carbonyl (C=O) groups is 1. The van der Waals surface area contributed by atoms with E-state index in [-0.39, 0.29) is 5.91 Å². The minimum Gasteiger partial charge on any atom is -0.337 e. The number of aryl methyl sites for hydroxylation is 1. The van der Waals surface area contributed by atoms with Gasteiger partial charge in [0.1, 0.15) is 6.54 Å². The number of halogens is 2. The summed E-state index contributed by atoms with van der Waals surface area (Å²) in [7, 11) is 1.71. The molecule has 0 fully saturated rings. The number of thiophene rings is 1. The molecule has 0 saturated carbocycles. The maximum Gasteiger partial charge on any atom is 0.264 e. The van der Waals surface area contributed by atoms with Gasteiger partial charge in [-0.2, -0.15) is 4.98 Å². The second kappa shape index (κ2) is 6.15. The molecule has 0 aromatic carbocycles. The van der Waals surface area contributed by atoms with E-state index < -0.39 is 0 Å². The van der Waals surface area contributed by atoms with Crippen molar-refractivity contribution in [3.63, 3.8) is 0 Å². The average Bonchev–Trinajstić information content (AvgIpc) is 2.96. The van der Waals surface area contributed by atoms with Crippen LogP contribution in [0, 0.1) is 0 Å². The number of aromatic nitrogens is 2. The average molecular weight is 409 g/mol. The van der Waals surface area contributed by atoms with Crippen molar-refractivity contribution >= 4 is 49.1 Å². The van der Waals surface area contributed by atoms with Gasteiger partial charge in [0, 0.05) is 17.9 Å². The number of hydrogen-bond acceptors (Lipinski definition) is 5. The van der Waals surface area contributed by atoms with Crippen LogP contribution >= 0.6 is 43.2 Å². The van der Waals surface area contributed by atoms with Gasteiger partial charge in [-0.15, -0.1) is 11.3 Å². The Labute approximate surface area is 131 Å². The first-order chi connectivity index (χ1) is 9.01. The van der Waals surface area contributed by atoms with Crippen LogP contribution in [0.1, 0.15) is 28.3 Å². The fraction of sp³-hybridized carbons (Fsp3) is 0.364. The Kier molecular flexibility index (Phi) is 4.75. The van der Waals surface area contributed by atoms with E-state index in [4.69, 9.17) is 4.52 Å². The molecule has 0 atom stereocenters. The molecule has 2 heterocycles. The van der Waals surface area contributed by atoms with Gasteiger partial charge in [0.2, 0.25) is 5.89 Å². The highest BCUT2D eigenvalue weighted by atomic mass is 79.9. The van der Waals surface area contributed by atoms with E-state index in [0.29, 0.717) is 29.6 Å². The van der Waals surface area contributed by atoms with Crippen LogP contribution in [0.25, 0.3) is 0 Å². The molecule has 0 spiro atoms. The van der Waals surface area contributed by atoms with Crippen LogP contribution in [0.4, 0.5) is 0 Å². The molecule has 0 N–H and O–H groups in total. The zero-order valence-electron chi connectivity index (χ0n) is 10.3. The smallest absolute Gasteiger partial charge is 0.264 e. The third-order valence-electron chi connectivity index (χ3n) is 2.40. The topological polar surface area (TPSA) is 59.2 Å². The quantitative estimate of drug-likeness (QED) is 0.776. The lowest BCUT2D eigenvalue weighted by molar-refractivity contribution is 0.0774. The fourth-order valence-electron chi connectivity index (χ4n) is 1.41. The standard InChI is InChI=1S/C11H11Br2N3O2S/c1-3-8-14-9(18-15-8)5-16(2)11(17)7-4-6(12)10(13)19-7/h4H,3,5H2,1-2H3. The van der Waals surface area contributed by atoms with E-state index >= 15 is 0 Å². The van der Waals surface area contributed by atoms with Crippen molar-refractivity contribution in [3.05, 3.63) is 30.9 Å². The van der Waals surface area contributed by atoms with Crippen molar-refractivity contribution < 1.29 is 9.32 Å². The van der Waals surface area contributed by atoms with Crippen LogP contribution in [0.5, 0.6) is 0 Å². The van der Waals surface area contributed by atoms with Crippen LogP contribution in [-0.4, -0.2) is 28.0 Å². The molecule has 0 aliphatic heterocycles. The molecule has 1 amide bonds. The third-order valence-corrected chi connectivity index (χ3v) is 5.65. The molecule has 0 radical (unpaired) electrons. The molecular formula is C11H11Br2N3O2S. The van der Waals surface area contributed by atoms with E-state index in [9.17, 15) is 4.79 Å². The van der Waals surface area contributed by atoms with E-state index in [0.717, 1.165) is 8.26 Å². The van der Waals surface area contributed by atoms with Crippen molar-refractivity contribution in [1.82, 2.24) is 15.0 Å². The van der Waals surface area contributed by atoms with E-state index in [1.54, 1.807) is 18.0 Å². The van der Waals surface area contributed by atoms with E-state index in [1.165, 1.54) is 11.3 Å². The summed E-state index contributed by atoms with van der Waals surface area (Å²) in [5.74, 6) is 1.02. The van der Waals surface area contributed by atoms with Crippen LogP contribution in [0.2, 0.25) is 0 Å². The van der Waals surface area contributed by atoms with Gasteiger partial charge >= 0.3 is 0 Å². The number of rotatable bonds is 4. The van der Waals surface area contributed by atoms with Gasteiger partial charge < -0.3 is 9.42 Å². The number of hydrogen-bond donors (Lipinski definition) is 0. The van der Waals surface area contributed by atoms with Crippen LogP contribution in [0.3, 0.4) is 0 Å². The largest absolute Gasteiger partial charge is 0.337 e. The van der Waals surface area contributed by atoms with Gasteiger partial charge in [0.15, 0.2) is 5.82 Å². The van der Waals surface area contributed by atoms with Crippen LogP contribution < -0.4 is 0 Å². The van der Waals surface area contributed by atoms with E-state index in [1.807, 2.05) is 6.92 Å². The third kappa shape index (κ3) is 3.43. The van der Waals surface area contributed by atoms with Gasteiger partial charge in [-0.25, -0.2) is 0 Å². The first-order valence-corrected chi connectivity index (χ1v) is 7.93. The first kappa shape index (κ1) is 14.7. The summed E-state index contributed by atoms with van der Waals surface area (Å²) in [5.41, 5.74) is 0. The molecule has 0 aliphatic rings. The summed E-state index contributed by atoms with van der Waals surface area (Å²) in [6.45, 7) is 2.25. The highest BCUT2D eigenvalue weighted by Gasteiger charge is 2.18. The zero-order valence-corrected chi connectivity index (χ0v) is 14.3. The van der Waals surface area contributed by atoms with Crippen molar-refractivity contribution in [2.24, 2.45) is 0 Å². The second-order valence-electron chi connectivity index (χ2n) is 3.85. The lowest BCUT2D eigenvalue weighted by Crippen LogP contribution is -2.25. The SMILES string of the molecule is CCc1noc(CN(C)C(=O)c2cc(Br)c(Br)s2)n1. The number of carbonyl (C=O) groups excluding carboxylic acids is 1. The Morgan fingerprint density at radius 3 is 2.79 bits per heavy atom. The summed E-state index contributed by atoms with van der Waals surface area (Å²) in [6.07, 6.45) is 0.714. The number of nitrogens with zero attached hydrogens (tertiary/aromatic N) is 3. The Morgan fingerprint density at radius 1 is 1.53 bits per heavy atom. The molecule has 19 heavy (non-hydrogen) atoms. The summed E-state index contributed by atoms with van der Waals surface area (Å²) in [5, 5.41) is 3.80. The number of amides is 1. The van der Waals surface area contributed by atoms with Crippen molar-refractivity contribution in [1.29, 1.82) is 0 Å². The molecule has 0 bridgehead atoms. The van der Waals surface area contributed by atoms with Crippen molar-refractivity contribution in [3.8, 4) is 0 Å². The maximum atomic E-state index is 12.2. The highest BCUT2D eigenvalue weighted by Crippen LogP contribution is 2.32. The maximum absolute atomic E-state index is 12.2. The monoisotopic (exact) mass is 407 g/mol. The minimum atomic E-state index is -0.0763. The molecule has 0 aliphatic carbocycles. The molecule has 0 saturated heterocycles. The predicted molar refractivity (Wildman–Crippen MR) is 79.2 cm³/mol. The summed E-state index contributed by atoms with van der Waals surface area (Å²) < 4.78 is 6.84. The Balaban J connectivity index is 2.06. The minimum absolute atomic E-state index is 0.0763. The molecule has 2 aromatic rings.